The summed E-state index contributed by atoms with van der Waals surface area (Å²) >= 11 is 0. The minimum atomic E-state index is 0.534. The molecule has 4 nitrogen and oxygen atoms in total. The molecule has 4 heteroatoms. The zero-order valence-electron chi connectivity index (χ0n) is 10.6. The average Bonchev–Trinajstić information content (AvgIpc) is 2.38. The average molecular weight is 232 g/mol. The predicted octanol–water partition coefficient (Wildman–Crippen LogP) is 3.38. The fraction of sp³-hybridized carbons (Fsp3) is 0.538. The van der Waals surface area contributed by atoms with Crippen LogP contribution >= 0.6 is 0 Å². The smallest absolute Gasteiger partial charge is 0.0298 e. The monoisotopic (exact) mass is 232 g/mol. The summed E-state index contributed by atoms with van der Waals surface area (Å²) < 4.78 is 0. The van der Waals surface area contributed by atoms with Crippen LogP contribution in [0.25, 0.3) is 10.4 Å². The van der Waals surface area contributed by atoms with Gasteiger partial charge in [0, 0.05) is 18.0 Å². The highest BCUT2D eigenvalue weighted by Gasteiger charge is 2.00. The lowest BCUT2D eigenvalue weighted by Crippen LogP contribution is -2.22. The number of nitrogens with zero attached hydrogens (tertiary/aromatic N) is 4. The van der Waals surface area contributed by atoms with E-state index in [-0.39, 0.29) is 0 Å². The highest BCUT2D eigenvalue weighted by atomic mass is 15.1. The minimum absolute atomic E-state index is 0.534. The summed E-state index contributed by atoms with van der Waals surface area (Å²) in [7, 11) is 0. The summed E-state index contributed by atoms with van der Waals surface area (Å²) in [6.45, 7) is 8.05. The molecule has 1 aromatic carbocycles. The van der Waals surface area contributed by atoms with E-state index in [1.165, 1.54) is 11.1 Å². The van der Waals surface area contributed by atoms with E-state index in [4.69, 9.17) is 5.53 Å². The lowest BCUT2D eigenvalue weighted by molar-refractivity contribution is 0.296. The molecular formula is C13H20N4. The fourth-order valence-electron chi connectivity index (χ4n) is 1.74. The normalized spacial score (nSPS) is 10.3. The Hall–Kier alpha value is -1.51. The molecular weight excluding hydrogens is 212 g/mol. The molecule has 1 rings (SSSR count). The van der Waals surface area contributed by atoms with Crippen molar-refractivity contribution in [3.05, 3.63) is 45.8 Å². The Morgan fingerprint density at radius 2 is 1.71 bits per heavy atom. The van der Waals surface area contributed by atoms with Gasteiger partial charge in [0.1, 0.15) is 0 Å². The lowest BCUT2D eigenvalue weighted by Gasteiger charge is -2.18. The van der Waals surface area contributed by atoms with E-state index in [0.29, 0.717) is 6.54 Å². The topological polar surface area (TPSA) is 52.0 Å². The number of hydrogen-bond donors (Lipinski definition) is 0. The number of rotatable bonds is 7. The molecule has 0 aliphatic heterocycles. The van der Waals surface area contributed by atoms with E-state index in [1.54, 1.807) is 0 Å². The van der Waals surface area contributed by atoms with Crippen LogP contribution in [0.4, 0.5) is 0 Å². The van der Waals surface area contributed by atoms with Gasteiger partial charge in [0.25, 0.3) is 0 Å². The molecule has 0 spiro atoms. The SMILES string of the molecule is CCN(CC)Cc1ccc(CCN=[N+]=[N-])cc1. The van der Waals surface area contributed by atoms with Crippen LogP contribution < -0.4 is 0 Å². The Labute approximate surface area is 103 Å². The van der Waals surface area contributed by atoms with Gasteiger partial charge in [-0.15, -0.1) is 0 Å². The van der Waals surface area contributed by atoms with Crippen molar-refractivity contribution in [1.82, 2.24) is 4.90 Å². The molecule has 0 atom stereocenters. The second-order valence-electron chi connectivity index (χ2n) is 3.98. The summed E-state index contributed by atoms with van der Waals surface area (Å²) in [6.07, 6.45) is 0.815. The Balaban J connectivity index is 2.52. The van der Waals surface area contributed by atoms with Crippen LogP contribution in [0, 0.1) is 0 Å². The van der Waals surface area contributed by atoms with E-state index in [2.05, 4.69) is 53.0 Å². The van der Waals surface area contributed by atoms with Gasteiger partial charge in [0.2, 0.25) is 0 Å². The van der Waals surface area contributed by atoms with Crippen molar-refractivity contribution < 1.29 is 0 Å². The van der Waals surface area contributed by atoms with E-state index in [0.717, 1.165) is 26.1 Å². The minimum Gasteiger partial charge on any atom is -0.300 e. The van der Waals surface area contributed by atoms with Crippen LogP contribution in [-0.2, 0) is 13.0 Å². The first-order valence-electron chi connectivity index (χ1n) is 6.11. The first-order chi connectivity index (χ1) is 8.30. The Morgan fingerprint density at radius 1 is 1.12 bits per heavy atom. The van der Waals surface area contributed by atoms with Crippen molar-refractivity contribution in [1.29, 1.82) is 0 Å². The molecule has 0 fully saturated rings. The molecule has 92 valence electrons. The molecule has 0 saturated heterocycles. The summed E-state index contributed by atoms with van der Waals surface area (Å²) in [5, 5.41) is 3.54. The van der Waals surface area contributed by atoms with Crippen molar-refractivity contribution >= 4 is 0 Å². The van der Waals surface area contributed by atoms with Gasteiger partial charge in [-0.05, 0) is 36.2 Å². The number of hydrogen-bond acceptors (Lipinski definition) is 2. The Bertz CT molecular complexity index is 362. The molecule has 0 radical (unpaired) electrons. The van der Waals surface area contributed by atoms with Crippen LogP contribution in [0.3, 0.4) is 0 Å². The predicted molar refractivity (Wildman–Crippen MR) is 70.8 cm³/mol. The maximum Gasteiger partial charge on any atom is 0.0298 e. The second-order valence-corrected chi connectivity index (χ2v) is 3.98. The largest absolute Gasteiger partial charge is 0.300 e. The van der Waals surface area contributed by atoms with E-state index in [9.17, 15) is 0 Å². The first-order valence-corrected chi connectivity index (χ1v) is 6.11. The van der Waals surface area contributed by atoms with Crippen LogP contribution in [0.1, 0.15) is 25.0 Å². The Kier molecular flexibility index (Phi) is 6.15. The van der Waals surface area contributed by atoms with E-state index >= 15 is 0 Å². The second kappa shape index (κ2) is 7.71. The van der Waals surface area contributed by atoms with Crippen molar-refractivity contribution in [2.75, 3.05) is 19.6 Å². The van der Waals surface area contributed by atoms with Crippen molar-refractivity contribution in [2.24, 2.45) is 5.11 Å². The third-order valence-electron chi connectivity index (χ3n) is 2.89. The number of benzene rings is 1. The summed E-state index contributed by atoms with van der Waals surface area (Å²) in [6, 6.07) is 8.55. The van der Waals surface area contributed by atoms with Gasteiger partial charge in [-0.25, -0.2) is 0 Å². The number of azide groups is 1. The van der Waals surface area contributed by atoms with E-state index in [1.807, 2.05) is 0 Å². The summed E-state index contributed by atoms with van der Waals surface area (Å²) in [5.74, 6) is 0. The van der Waals surface area contributed by atoms with Gasteiger partial charge in [-0.3, -0.25) is 4.90 Å². The highest BCUT2D eigenvalue weighted by Crippen LogP contribution is 2.08. The maximum absolute atomic E-state index is 8.19. The molecule has 0 aliphatic carbocycles. The van der Waals surface area contributed by atoms with Gasteiger partial charge in [0.05, 0.1) is 0 Å². The van der Waals surface area contributed by atoms with Crippen molar-refractivity contribution in [3.8, 4) is 0 Å². The standard InChI is InChI=1S/C13H20N4/c1-3-17(4-2)11-13-7-5-12(6-8-13)9-10-15-16-14/h5-8H,3-4,9-11H2,1-2H3. The first kappa shape index (κ1) is 13.6. The van der Waals surface area contributed by atoms with Crippen LogP contribution in [0.2, 0.25) is 0 Å². The molecule has 0 unspecified atom stereocenters. The molecule has 0 N–H and O–H groups in total. The van der Waals surface area contributed by atoms with Gasteiger partial charge in [-0.1, -0.05) is 43.2 Å². The molecule has 0 aliphatic rings. The highest BCUT2D eigenvalue weighted by molar-refractivity contribution is 5.22. The van der Waals surface area contributed by atoms with Crippen molar-refractivity contribution in [3.63, 3.8) is 0 Å². The molecule has 17 heavy (non-hydrogen) atoms. The third kappa shape index (κ3) is 4.89. The van der Waals surface area contributed by atoms with Crippen LogP contribution in [-0.4, -0.2) is 24.5 Å². The van der Waals surface area contributed by atoms with Gasteiger partial charge < -0.3 is 0 Å². The van der Waals surface area contributed by atoms with Crippen LogP contribution in [0.15, 0.2) is 29.4 Å². The maximum atomic E-state index is 8.19. The molecule has 1 aromatic rings. The summed E-state index contributed by atoms with van der Waals surface area (Å²) in [4.78, 5) is 5.13. The lowest BCUT2D eigenvalue weighted by atomic mass is 10.1. The summed E-state index contributed by atoms with van der Waals surface area (Å²) in [5.41, 5.74) is 10.8. The molecule has 0 amide bonds. The fourth-order valence-corrected chi connectivity index (χ4v) is 1.74. The zero-order chi connectivity index (χ0) is 12.5. The zero-order valence-corrected chi connectivity index (χ0v) is 10.6. The third-order valence-corrected chi connectivity index (χ3v) is 2.89. The van der Waals surface area contributed by atoms with Gasteiger partial charge in [0.15, 0.2) is 0 Å². The molecule has 0 heterocycles. The van der Waals surface area contributed by atoms with Crippen molar-refractivity contribution in [2.45, 2.75) is 26.8 Å². The Morgan fingerprint density at radius 3 is 2.24 bits per heavy atom. The molecule has 0 bridgehead atoms. The van der Waals surface area contributed by atoms with Gasteiger partial charge in [-0.2, -0.15) is 0 Å². The van der Waals surface area contributed by atoms with Gasteiger partial charge >= 0.3 is 0 Å². The molecule has 0 aromatic heterocycles. The molecule has 0 saturated carbocycles. The van der Waals surface area contributed by atoms with E-state index < -0.39 is 0 Å². The quantitative estimate of drug-likeness (QED) is 0.404. The van der Waals surface area contributed by atoms with Crippen LogP contribution in [0.5, 0.6) is 0 Å².